The average Bonchev–Trinajstić information content (AvgIpc) is 2.76. The topological polar surface area (TPSA) is 29.5 Å². The maximum absolute atomic E-state index is 14.4. The normalized spacial score (nSPS) is 12.2. The van der Waals surface area contributed by atoms with Crippen LogP contribution in [0.2, 0.25) is 0 Å². The van der Waals surface area contributed by atoms with Crippen LogP contribution < -0.4 is 4.74 Å². The first-order chi connectivity index (χ1) is 14.8. The predicted molar refractivity (Wildman–Crippen MR) is 113 cm³/mol. The van der Waals surface area contributed by atoms with E-state index in [0.717, 1.165) is 0 Å². The van der Waals surface area contributed by atoms with Crippen LogP contribution in [0.15, 0.2) is 61.2 Å². The van der Waals surface area contributed by atoms with Crippen LogP contribution >= 0.6 is 0 Å². The van der Waals surface area contributed by atoms with Crippen molar-refractivity contribution < 1.29 is 27.4 Å². The molecule has 0 radical (unpaired) electrons. The van der Waals surface area contributed by atoms with Gasteiger partial charge in [-0.3, -0.25) is 0 Å². The van der Waals surface area contributed by atoms with E-state index in [2.05, 4.69) is 6.58 Å². The van der Waals surface area contributed by atoms with Crippen LogP contribution in [-0.2, 0) is 0 Å². The lowest BCUT2D eigenvalue weighted by molar-refractivity contribution is 0.192. The highest BCUT2D eigenvalue weighted by atomic mass is 19.2. The highest BCUT2D eigenvalue weighted by Crippen LogP contribution is 2.30. The van der Waals surface area contributed by atoms with Gasteiger partial charge in [-0.25, -0.2) is 13.2 Å². The Morgan fingerprint density at radius 2 is 1.58 bits per heavy atom. The number of hydrogen-bond donors (Lipinski definition) is 1. The van der Waals surface area contributed by atoms with E-state index in [0.29, 0.717) is 11.1 Å². The number of ether oxygens (including phenoxy) is 1. The summed E-state index contributed by atoms with van der Waals surface area (Å²) < 4.78 is 61.9. The van der Waals surface area contributed by atoms with Gasteiger partial charge in [-0.1, -0.05) is 61.2 Å². The van der Waals surface area contributed by atoms with Crippen molar-refractivity contribution >= 4 is 12.2 Å². The summed E-state index contributed by atoms with van der Waals surface area (Å²) in [5.41, 5.74) is 1.07. The molecule has 160 valence electrons. The summed E-state index contributed by atoms with van der Waals surface area (Å²) in [6, 6.07) is 11.9. The Kier molecular flexibility index (Phi) is 6.92. The lowest BCUT2D eigenvalue weighted by atomic mass is 10.0. The second-order valence-electron chi connectivity index (χ2n) is 6.84. The molecule has 1 unspecified atom stereocenters. The molecule has 0 bridgehead atoms. The molecule has 3 rings (SSSR count). The molecule has 0 saturated heterocycles. The minimum Gasteiger partial charge on any atom is -0.486 e. The first-order valence-electron chi connectivity index (χ1n) is 9.49. The van der Waals surface area contributed by atoms with Crippen LogP contribution in [0, 0.1) is 23.3 Å². The van der Waals surface area contributed by atoms with Gasteiger partial charge in [0.15, 0.2) is 23.2 Å². The lowest BCUT2D eigenvalue weighted by Gasteiger charge is -2.10. The molecule has 0 fully saturated rings. The summed E-state index contributed by atoms with van der Waals surface area (Å²) in [4.78, 5) is 0. The summed E-state index contributed by atoms with van der Waals surface area (Å²) in [6.45, 7) is 4.87. The van der Waals surface area contributed by atoms with E-state index in [1.807, 2.05) is 0 Å². The van der Waals surface area contributed by atoms with Crippen molar-refractivity contribution in [2.45, 2.75) is 13.0 Å². The summed E-state index contributed by atoms with van der Waals surface area (Å²) >= 11 is 0. The molecule has 3 aromatic carbocycles. The maximum atomic E-state index is 14.4. The Morgan fingerprint density at radius 1 is 0.871 bits per heavy atom. The first-order valence-corrected chi connectivity index (χ1v) is 9.49. The van der Waals surface area contributed by atoms with E-state index < -0.39 is 29.4 Å². The zero-order valence-corrected chi connectivity index (χ0v) is 16.7. The minimum atomic E-state index is -1.12. The molecule has 0 amide bonds. The molecular weight excluding hydrogens is 408 g/mol. The molecule has 0 aliphatic rings. The molecule has 0 aliphatic carbocycles. The molecule has 0 spiro atoms. The van der Waals surface area contributed by atoms with Gasteiger partial charge in [-0.15, -0.1) is 0 Å². The molecule has 1 atom stereocenters. The zero-order valence-electron chi connectivity index (χ0n) is 16.7. The first kappa shape index (κ1) is 22.3. The fourth-order valence-electron chi connectivity index (χ4n) is 3.01. The van der Waals surface area contributed by atoms with E-state index in [-0.39, 0.29) is 29.0 Å². The van der Waals surface area contributed by atoms with Gasteiger partial charge in [0.05, 0.1) is 6.10 Å². The zero-order chi connectivity index (χ0) is 22.5. The van der Waals surface area contributed by atoms with Gasteiger partial charge in [0, 0.05) is 16.7 Å². The van der Waals surface area contributed by atoms with E-state index in [1.165, 1.54) is 43.3 Å². The van der Waals surface area contributed by atoms with Crippen molar-refractivity contribution in [3.8, 4) is 16.9 Å². The van der Waals surface area contributed by atoms with Gasteiger partial charge < -0.3 is 9.84 Å². The van der Waals surface area contributed by atoms with Gasteiger partial charge in [0.25, 0.3) is 0 Å². The third-order valence-electron chi connectivity index (χ3n) is 4.67. The van der Waals surface area contributed by atoms with Gasteiger partial charge >= 0.3 is 0 Å². The van der Waals surface area contributed by atoms with Crippen molar-refractivity contribution in [3.05, 3.63) is 101 Å². The van der Waals surface area contributed by atoms with Gasteiger partial charge in [0.1, 0.15) is 6.61 Å². The molecule has 0 saturated carbocycles. The van der Waals surface area contributed by atoms with Crippen LogP contribution in [-0.4, -0.2) is 11.7 Å². The van der Waals surface area contributed by atoms with Crippen LogP contribution in [0.4, 0.5) is 17.6 Å². The number of halogens is 4. The Balaban J connectivity index is 1.82. The molecule has 31 heavy (non-hydrogen) atoms. The largest absolute Gasteiger partial charge is 0.486 e. The van der Waals surface area contributed by atoms with Crippen LogP contribution in [0.3, 0.4) is 0 Å². The van der Waals surface area contributed by atoms with Crippen molar-refractivity contribution in [2.24, 2.45) is 0 Å². The predicted octanol–water partition coefficient (Wildman–Crippen LogP) is 6.70. The van der Waals surface area contributed by atoms with Crippen LogP contribution in [0.5, 0.6) is 5.75 Å². The fraction of sp³-hybridized carbons (Fsp3) is 0.120. The van der Waals surface area contributed by atoms with Crippen molar-refractivity contribution in [1.29, 1.82) is 0 Å². The summed E-state index contributed by atoms with van der Waals surface area (Å²) in [5, 5.41) is 9.45. The molecule has 1 N–H and O–H groups in total. The Morgan fingerprint density at radius 3 is 2.23 bits per heavy atom. The van der Waals surface area contributed by atoms with Crippen molar-refractivity contribution in [2.75, 3.05) is 6.61 Å². The molecule has 0 aromatic heterocycles. The third-order valence-corrected chi connectivity index (χ3v) is 4.67. The third kappa shape index (κ3) is 4.86. The van der Waals surface area contributed by atoms with E-state index in [9.17, 15) is 22.7 Å². The Labute approximate surface area is 177 Å². The lowest BCUT2D eigenvalue weighted by Crippen LogP contribution is -2.00. The van der Waals surface area contributed by atoms with Crippen LogP contribution in [0.25, 0.3) is 23.3 Å². The van der Waals surface area contributed by atoms with E-state index in [4.69, 9.17) is 4.74 Å². The Hall–Kier alpha value is -3.38. The van der Waals surface area contributed by atoms with Gasteiger partial charge in [-0.2, -0.15) is 4.39 Å². The molecule has 0 aliphatic heterocycles. The highest BCUT2D eigenvalue weighted by Gasteiger charge is 2.16. The molecule has 2 nitrogen and oxygen atoms in total. The Bertz CT molecular complexity index is 1120. The van der Waals surface area contributed by atoms with E-state index in [1.54, 1.807) is 30.3 Å². The molecular formula is C25H20F4O2. The summed E-state index contributed by atoms with van der Waals surface area (Å²) in [5.74, 6) is -4.45. The number of aliphatic hydroxyl groups excluding tert-OH is 1. The fourth-order valence-corrected chi connectivity index (χ4v) is 3.01. The number of benzene rings is 3. The monoisotopic (exact) mass is 428 g/mol. The van der Waals surface area contributed by atoms with Crippen molar-refractivity contribution in [1.82, 2.24) is 0 Å². The second-order valence-corrected chi connectivity index (χ2v) is 6.84. The SMILES string of the molecule is C=CCOc1ccc(-c2ccc(/C=C/c3ccc(C(C)O)c(F)c3F)cc2)c(F)c1F. The summed E-state index contributed by atoms with van der Waals surface area (Å²) in [7, 11) is 0. The molecule has 6 heteroatoms. The number of aliphatic hydroxyl groups is 1. The summed E-state index contributed by atoms with van der Waals surface area (Å²) in [6.07, 6.45) is 3.27. The van der Waals surface area contributed by atoms with Crippen LogP contribution in [0.1, 0.15) is 29.7 Å². The maximum Gasteiger partial charge on any atom is 0.201 e. The minimum absolute atomic E-state index is 0.0224. The van der Waals surface area contributed by atoms with Crippen molar-refractivity contribution in [3.63, 3.8) is 0 Å². The standard InChI is InChI=1S/C25H20F4O2/c1-3-14-31-21-13-12-20(24(28)25(21)29)17-7-4-16(5-8-17)6-9-18-10-11-19(15(2)30)23(27)22(18)26/h3-13,15,30H,1,14H2,2H3/b9-6+. The molecule has 0 heterocycles. The van der Waals surface area contributed by atoms with E-state index >= 15 is 0 Å². The molecule has 3 aromatic rings. The number of rotatable bonds is 7. The quantitative estimate of drug-likeness (QED) is 0.258. The van der Waals surface area contributed by atoms with Gasteiger partial charge in [0.2, 0.25) is 5.82 Å². The smallest absolute Gasteiger partial charge is 0.201 e. The second kappa shape index (κ2) is 9.62. The van der Waals surface area contributed by atoms with Gasteiger partial charge in [-0.05, 0) is 30.2 Å². The highest BCUT2D eigenvalue weighted by molar-refractivity contribution is 5.73. The average molecular weight is 428 g/mol. The number of hydrogen-bond acceptors (Lipinski definition) is 2.